The Morgan fingerprint density at radius 3 is 2.80 bits per heavy atom. The Morgan fingerprint density at radius 2 is 2.20 bits per heavy atom. The van der Waals surface area contributed by atoms with Crippen molar-refractivity contribution in [2.75, 3.05) is 12.4 Å². The second kappa shape index (κ2) is 7.55. The van der Waals surface area contributed by atoms with Crippen molar-refractivity contribution in [1.29, 1.82) is 0 Å². The van der Waals surface area contributed by atoms with Gasteiger partial charge in [-0.2, -0.15) is 0 Å². The molecule has 1 aliphatic rings. The largest absolute Gasteiger partial charge is 0.465 e. The fourth-order valence-corrected chi connectivity index (χ4v) is 3.03. The number of ether oxygens (including phenoxy) is 1. The highest BCUT2D eigenvalue weighted by Crippen LogP contribution is 2.29. The van der Waals surface area contributed by atoms with Crippen molar-refractivity contribution >= 4 is 40.9 Å². The highest BCUT2D eigenvalue weighted by molar-refractivity contribution is 7.99. The number of esters is 1. The number of thioether (sulfide) groups is 1. The third-order valence-corrected chi connectivity index (χ3v) is 4.72. The van der Waals surface area contributed by atoms with Crippen LogP contribution in [0.25, 0.3) is 0 Å². The smallest absolute Gasteiger partial charge is 0.324 e. The molecule has 0 bridgehead atoms. The maximum absolute atomic E-state index is 11.9. The van der Waals surface area contributed by atoms with Crippen LogP contribution in [0.3, 0.4) is 0 Å². The molecule has 0 saturated heterocycles. The van der Waals surface area contributed by atoms with Gasteiger partial charge in [-0.25, -0.2) is 0 Å². The van der Waals surface area contributed by atoms with E-state index in [-0.39, 0.29) is 12.0 Å². The van der Waals surface area contributed by atoms with E-state index in [0.717, 1.165) is 17.7 Å². The molecule has 1 saturated carbocycles. The van der Waals surface area contributed by atoms with E-state index in [1.54, 1.807) is 17.8 Å². The van der Waals surface area contributed by atoms with Crippen molar-refractivity contribution in [3.63, 3.8) is 0 Å². The average Bonchev–Trinajstić information content (AvgIpc) is 3.22. The van der Waals surface area contributed by atoms with Crippen LogP contribution in [-0.2, 0) is 9.53 Å². The van der Waals surface area contributed by atoms with Crippen LogP contribution in [0.5, 0.6) is 0 Å². The van der Waals surface area contributed by atoms with Gasteiger partial charge < -0.3 is 10.1 Å². The molecular formula is C14H17Cl2NO2S. The monoisotopic (exact) mass is 333 g/mol. The van der Waals surface area contributed by atoms with Crippen LogP contribution in [0.4, 0.5) is 0 Å². The van der Waals surface area contributed by atoms with Gasteiger partial charge in [0, 0.05) is 16.7 Å². The Bertz CT molecular complexity index is 480. The highest BCUT2D eigenvalue weighted by Gasteiger charge is 2.29. The van der Waals surface area contributed by atoms with Gasteiger partial charge in [-0.3, -0.25) is 4.79 Å². The van der Waals surface area contributed by atoms with Crippen LogP contribution in [-0.4, -0.2) is 30.4 Å². The molecule has 0 aliphatic heterocycles. The molecule has 1 unspecified atom stereocenters. The van der Waals surface area contributed by atoms with E-state index in [0.29, 0.717) is 28.4 Å². The molecule has 1 aromatic rings. The molecule has 1 fully saturated rings. The van der Waals surface area contributed by atoms with Gasteiger partial charge in [-0.1, -0.05) is 23.2 Å². The van der Waals surface area contributed by atoms with Gasteiger partial charge in [0.2, 0.25) is 0 Å². The third kappa shape index (κ3) is 4.85. The van der Waals surface area contributed by atoms with E-state index in [1.807, 2.05) is 19.1 Å². The molecular weight excluding hydrogens is 317 g/mol. The highest BCUT2D eigenvalue weighted by atomic mass is 35.5. The Morgan fingerprint density at radius 1 is 1.45 bits per heavy atom. The number of carbonyl (C=O) groups excluding carboxylic acids is 1. The van der Waals surface area contributed by atoms with Gasteiger partial charge in [0.15, 0.2) is 0 Å². The minimum Gasteiger partial charge on any atom is -0.465 e. The van der Waals surface area contributed by atoms with E-state index in [1.165, 1.54) is 0 Å². The lowest BCUT2D eigenvalue weighted by Crippen LogP contribution is -2.41. The molecule has 3 nitrogen and oxygen atoms in total. The van der Waals surface area contributed by atoms with Crippen LogP contribution in [0, 0.1) is 0 Å². The van der Waals surface area contributed by atoms with E-state index >= 15 is 0 Å². The number of nitrogens with one attached hydrogen (secondary N) is 1. The SMILES string of the molecule is CCOC(=O)C(CSc1ccc(Cl)c(Cl)c1)NC1CC1. The number of hydrogen-bond donors (Lipinski definition) is 1. The van der Waals surface area contributed by atoms with E-state index in [2.05, 4.69) is 5.32 Å². The normalized spacial score (nSPS) is 15.9. The van der Waals surface area contributed by atoms with Crippen LogP contribution in [0.1, 0.15) is 19.8 Å². The summed E-state index contributed by atoms with van der Waals surface area (Å²) in [6.45, 7) is 2.22. The summed E-state index contributed by atoms with van der Waals surface area (Å²) in [6.07, 6.45) is 2.26. The van der Waals surface area contributed by atoms with Gasteiger partial charge in [0.1, 0.15) is 6.04 Å². The number of halogens is 2. The van der Waals surface area contributed by atoms with Crippen LogP contribution in [0.2, 0.25) is 10.0 Å². The summed E-state index contributed by atoms with van der Waals surface area (Å²) in [5, 5.41) is 4.38. The fraction of sp³-hybridized carbons (Fsp3) is 0.500. The third-order valence-electron chi connectivity index (χ3n) is 2.89. The molecule has 20 heavy (non-hydrogen) atoms. The molecule has 1 N–H and O–H groups in total. The van der Waals surface area contributed by atoms with Gasteiger partial charge >= 0.3 is 5.97 Å². The number of carbonyl (C=O) groups is 1. The minimum absolute atomic E-state index is 0.188. The van der Waals surface area contributed by atoms with Crippen molar-refractivity contribution in [2.45, 2.75) is 36.7 Å². The molecule has 0 spiro atoms. The zero-order chi connectivity index (χ0) is 14.5. The van der Waals surface area contributed by atoms with Crippen LogP contribution in [0.15, 0.2) is 23.1 Å². The average molecular weight is 334 g/mol. The quantitative estimate of drug-likeness (QED) is 0.608. The van der Waals surface area contributed by atoms with Gasteiger partial charge in [-0.15, -0.1) is 11.8 Å². The first-order chi connectivity index (χ1) is 9.60. The Kier molecular flexibility index (Phi) is 6.02. The molecule has 1 aliphatic carbocycles. The van der Waals surface area contributed by atoms with Crippen LogP contribution >= 0.6 is 35.0 Å². The van der Waals surface area contributed by atoms with E-state index < -0.39 is 0 Å². The van der Waals surface area contributed by atoms with Crippen molar-refractivity contribution in [2.24, 2.45) is 0 Å². The first-order valence-corrected chi connectivity index (χ1v) is 8.35. The molecule has 2 rings (SSSR count). The Hall–Kier alpha value is -0.420. The topological polar surface area (TPSA) is 38.3 Å². The second-order valence-corrected chi connectivity index (χ2v) is 6.54. The first kappa shape index (κ1) is 16.0. The number of rotatable bonds is 7. The maximum atomic E-state index is 11.9. The summed E-state index contributed by atoms with van der Waals surface area (Å²) in [7, 11) is 0. The predicted octanol–water partition coefficient (Wildman–Crippen LogP) is 3.77. The standard InChI is InChI=1S/C14H17Cl2NO2S/c1-2-19-14(18)13(17-9-3-4-9)8-20-10-5-6-11(15)12(16)7-10/h5-7,9,13,17H,2-4,8H2,1H3. The van der Waals surface area contributed by atoms with Crippen molar-refractivity contribution in [1.82, 2.24) is 5.32 Å². The molecule has 6 heteroatoms. The minimum atomic E-state index is -0.276. The molecule has 0 amide bonds. The number of hydrogen-bond acceptors (Lipinski definition) is 4. The molecule has 0 aromatic heterocycles. The van der Waals surface area contributed by atoms with E-state index in [4.69, 9.17) is 27.9 Å². The van der Waals surface area contributed by atoms with Crippen molar-refractivity contribution in [3.05, 3.63) is 28.2 Å². The second-order valence-electron chi connectivity index (χ2n) is 4.63. The fourth-order valence-electron chi connectivity index (χ4n) is 1.71. The molecule has 0 radical (unpaired) electrons. The maximum Gasteiger partial charge on any atom is 0.324 e. The summed E-state index contributed by atoms with van der Waals surface area (Å²) in [4.78, 5) is 12.9. The lowest BCUT2D eigenvalue weighted by molar-refractivity contribution is -0.145. The molecule has 110 valence electrons. The molecule has 1 aromatic carbocycles. The zero-order valence-electron chi connectivity index (χ0n) is 11.2. The summed E-state index contributed by atoms with van der Waals surface area (Å²) in [5.74, 6) is 0.430. The summed E-state index contributed by atoms with van der Waals surface area (Å²) in [5.41, 5.74) is 0. The van der Waals surface area contributed by atoms with E-state index in [9.17, 15) is 4.79 Å². The van der Waals surface area contributed by atoms with Crippen molar-refractivity contribution in [3.8, 4) is 0 Å². The lowest BCUT2D eigenvalue weighted by atomic mass is 10.3. The summed E-state index contributed by atoms with van der Waals surface area (Å²) < 4.78 is 5.10. The van der Waals surface area contributed by atoms with Crippen molar-refractivity contribution < 1.29 is 9.53 Å². The Balaban J connectivity index is 1.92. The molecule has 1 atom stereocenters. The first-order valence-electron chi connectivity index (χ1n) is 6.60. The lowest BCUT2D eigenvalue weighted by Gasteiger charge is -2.16. The Labute approximate surface area is 133 Å². The van der Waals surface area contributed by atoms with Gasteiger partial charge in [-0.05, 0) is 38.0 Å². The van der Waals surface area contributed by atoms with Gasteiger partial charge in [0.25, 0.3) is 0 Å². The summed E-state index contributed by atoms with van der Waals surface area (Å²) in [6, 6.07) is 5.66. The van der Waals surface area contributed by atoms with Gasteiger partial charge in [0.05, 0.1) is 16.7 Å². The predicted molar refractivity (Wildman–Crippen MR) is 83.8 cm³/mol. The van der Waals surface area contributed by atoms with Crippen LogP contribution < -0.4 is 5.32 Å². The molecule has 0 heterocycles. The summed E-state index contributed by atoms with van der Waals surface area (Å²) >= 11 is 13.4. The number of benzene rings is 1. The zero-order valence-corrected chi connectivity index (χ0v) is 13.5.